The molecule has 41 heavy (non-hydrogen) atoms. The lowest BCUT2D eigenvalue weighted by Gasteiger charge is -2.08. The monoisotopic (exact) mass is 540 g/mol. The van der Waals surface area contributed by atoms with Gasteiger partial charge in [-0.05, 0) is 50.2 Å². The molecule has 0 atom stereocenters. The molecule has 0 aliphatic rings. The summed E-state index contributed by atoms with van der Waals surface area (Å²) in [5.41, 5.74) is 7.59. The molecule has 7 rings (SSSR count). The van der Waals surface area contributed by atoms with Gasteiger partial charge in [-0.1, -0.05) is 60.7 Å². The maximum atomic E-state index is 6.28. The lowest BCUT2D eigenvalue weighted by atomic mass is 10.1. The van der Waals surface area contributed by atoms with Crippen LogP contribution in [0.15, 0.2) is 101 Å². The zero-order valence-corrected chi connectivity index (χ0v) is 23.3. The van der Waals surface area contributed by atoms with Crippen LogP contribution in [0, 0.1) is 13.8 Å². The Morgan fingerprint density at radius 3 is 1.39 bits per heavy atom. The molecule has 3 heterocycles. The number of benzene rings is 4. The minimum absolute atomic E-state index is 0.525. The lowest BCUT2D eigenvalue weighted by Crippen LogP contribution is -1.97. The van der Waals surface area contributed by atoms with Gasteiger partial charge in [-0.25, -0.2) is 0 Å². The highest BCUT2D eigenvalue weighted by atomic mass is 16.5. The highest BCUT2D eigenvalue weighted by molar-refractivity contribution is 6.05. The molecule has 0 saturated heterocycles. The second kappa shape index (κ2) is 9.71. The molecule has 0 radical (unpaired) electrons. The molecule has 0 aliphatic heterocycles. The van der Waals surface area contributed by atoms with E-state index >= 15 is 0 Å². The molecule has 0 aliphatic carbocycles. The van der Waals surface area contributed by atoms with Gasteiger partial charge >= 0.3 is 12.0 Å². The molecule has 7 heteroatoms. The van der Waals surface area contributed by atoms with E-state index in [1.165, 1.54) is 0 Å². The van der Waals surface area contributed by atoms with Crippen LogP contribution in [-0.4, -0.2) is 19.1 Å². The number of hydrogen-bond acceptors (Lipinski definition) is 5. The van der Waals surface area contributed by atoms with E-state index in [-0.39, 0.29) is 0 Å². The number of hydrogen-bond donors (Lipinski definition) is 0. The van der Waals surface area contributed by atoms with Gasteiger partial charge in [0.15, 0.2) is 0 Å². The van der Waals surface area contributed by atoms with Crippen LogP contribution in [0.3, 0.4) is 0 Å². The smallest absolute Gasteiger partial charge is 0.302 e. The third kappa shape index (κ3) is 4.32. The fourth-order valence-electron chi connectivity index (χ4n) is 5.47. The molecule has 0 unspecified atom stereocenters. The van der Waals surface area contributed by atoms with E-state index in [4.69, 9.17) is 23.9 Å². The quantitative estimate of drug-likeness (QED) is 0.211. The molecule has 0 N–H and O–H groups in total. The summed E-state index contributed by atoms with van der Waals surface area (Å²) < 4.78 is 22.6. The molecule has 0 spiro atoms. The van der Waals surface area contributed by atoms with Gasteiger partial charge in [0, 0.05) is 36.0 Å². The van der Waals surface area contributed by atoms with Crippen LogP contribution < -0.4 is 9.47 Å². The summed E-state index contributed by atoms with van der Waals surface area (Å²) in [5.74, 6) is 1.35. The van der Waals surface area contributed by atoms with Crippen LogP contribution in [0.5, 0.6) is 23.5 Å². The molecule has 202 valence electrons. The molecule has 0 bridgehead atoms. The van der Waals surface area contributed by atoms with Gasteiger partial charge in [0.25, 0.3) is 0 Å². The third-order valence-electron chi connectivity index (χ3n) is 7.38. The minimum Gasteiger partial charge on any atom is -0.456 e. The van der Waals surface area contributed by atoms with Crippen molar-refractivity contribution in [1.29, 1.82) is 0 Å². The normalized spacial score (nSPS) is 11.4. The number of nitrogens with zero attached hydrogens (tertiary/aromatic N) is 4. The Morgan fingerprint density at radius 2 is 0.976 bits per heavy atom. The first kappa shape index (κ1) is 24.7. The highest BCUT2D eigenvalue weighted by Crippen LogP contribution is 2.37. The Labute approximate surface area is 237 Å². The Morgan fingerprint density at radius 1 is 0.561 bits per heavy atom. The van der Waals surface area contributed by atoms with E-state index in [0.29, 0.717) is 23.5 Å². The van der Waals surface area contributed by atoms with Gasteiger partial charge in [-0.15, -0.1) is 0 Å². The average Bonchev–Trinajstić information content (AvgIpc) is 3.58. The summed E-state index contributed by atoms with van der Waals surface area (Å²) in [6, 6.07) is 33.1. The minimum atomic E-state index is 0.525. The zero-order valence-electron chi connectivity index (χ0n) is 23.3. The van der Waals surface area contributed by atoms with Crippen LogP contribution >= 0.6 is 0 Å². The largest absolute Gasteiger partial charge is 0.456 e. The maximum absolute atomic E-state index is 6.28. The second-order valence-corrected chi connectivity index (χ2v) is 10.1. The van der Waals surface area contributed by atoms with E-state index in [0.717, 1.165) is 55.8 Å². The van der Waals surface area contributed by atoms with E-state index in [1.807, 2.05) is 110 Å². The molecular weight excluding hydrogens is 512 g/mol. The Balaban J connectivity index is 1.21. The van der Waals surface area contributed by atoms with Crippen molar-refractivity contribution in [3.05, 3.63) is 108 Å². The van der Waals surface area contributed by atoms with E-state index in [9.17, 15) is 0 Å². The molecule has 4 aromatic carbocycles. The first-order chi connectivity index (χ1) is 20.0. The molecule has 0 saturated carbocycles. The number of aromatic nitrogens is 4. The zero-order chi connectivity index (χ0) is 28.1. The van der Waals surface area contributed by atoms with Crippen molar-refractivity contribution in [3.8, 4) is 46.0 Å². The van der Waals surface area contributed by atoms with Crippen molar-refractivity contribution in [2.75, 3.05) is 0 Å². The second-order valence-electron chi connectivity index (χ2n) is 10.1. The predicted octanol–water partition coefficient (Wildman–Crippen LogP) is 8.59. The van der Waals surface area contributed by atoms with Crippen molar-refractivity contribution in [1.82, 2.24) is 19.1 Å². The van der Waals surface area contributed by atoms with E-state index in [2.05, 4.69) is 24.3 Å². The van der Waals surface area contributed by atoms with Crippen molar-refractivity contribution in [3.63, 3.8) is 0 Å². The van der Waals surface area contributed by atoms with E-state index in [1.54, 1.807) is 0 Å². The molecule has 0 amide bonds. The maximum Gasteiger partial charge on any atom is 0.302 e. The van der Waals surface area contributed by atoms with Crippen LogP contribution in [0.2, 0.25) is 0 Å². The standard InChI is InChI=1S/C34H28N4O3/c1-21-31(23-11-7-5-8-12-23)37(3)33(35-21)39-25-15-17-29-27(19-25)28-20-26(16-18-30(28)41-29)40-34-36-22(2)32(38(34)4)24-13-9-6-10-14-24/h5-20H,1-4H3. The van der Waals surface area contributed by atoms with Gasteiger partial charge in [0.05, 0.1) is 22.8 Å². The molecule has 0 fully saturated rings. The molecule has 7 nitrogen and oxygen atoms in total. The number of fused-ring (bicyclic) bond motifs is 3. The van der Waals surface area contributed by atoms with Crippen LogP contribution in [0.1, 0.15) is 11.4 Å². The highest BCUT2D eigenvalue weighted by Gasteiger charge is 2.18. The Kier molecular flexibility index (Phi) is 5.86. The fourth-order valence-corrected chi connectivity index (χ4v) is 5.47. The molecule has 3 aromatic heterocycles. The van der Waals surface area contributed by atoms with Gasteiger partial charge in [-0.2, -0.15) is 9.97 Å². The van der Waals surface area contributed by atoms with Crippen LogP contribution in [-0.2, 0) is 14.1 Å². The summed E-state index contributed by atoms with van der Waals surface area (Å²) in [4.78, 5) is 9.40. The first-order valence-electron chi connectivity index (χ1n) is 13.5. The van der Waals surface area contributed by atoms with Crippen molar-refractivity contribution in [2.24, 2.45) is 14.1 Å². The van der Waals surface area contributed by atoms with Crippen LogP contribution in [0.4, 0.5) is 0 Å². The summed E-state index contributed by atoms with van der Waals surface area (Å²) in [6.45, 7) is 3.99. The number of rotatable bonds is 6. The average molecular weight is 541 g/mol. The SMILES string of the molecule is Cc1nc(Oc2ccc3oc4ccc(Oc5nc(C)c(-c6ccccc6)n5C)cc4c3c2)n(C)c1-c1ccccc1. The Bertz CT molecular complexity index is 1890. The van der Waals surface area contributed by atoms with Crippen molar-refractivity contribution < 1.29 is 13.9 Å². The molecule has 7 aromatic rings. The molecular formula is C34H28N4O3. The summed E-state index contributed by atoms with van der Waals surface area (Å²) >= 11 is 0. The van der Waals surface area contributed by atoms with Crippen LogP contribution in [0.25, 0.3) is 44.5 Å². The lowest BCUT2D eigenvalue weighted by molar-refractivity contribution is 0.425. The summed E-state index contributed by atoms with van der Waals surface area (Å²) in [6.07, 6.45) is 0. The predicted molar refractivity (Wildman–Crippen MR) is 161 cm³/mol. The number of furan rings is 1. The Hall–Kier alpha value is -5.30. The van der Waals surface area contributed by atoms with Gasteiger partial charge < -0.3 is 13.9 Å². The van der Waals surface area contributed by atoms with Crippen molar-refractivity contribution in [2.45, 2.75) is 13.8 Å². The number of imidazole rings is 2. The van der Waals surface area contributed by atoms with E-state index < -0.39 is 0 Å². The van der Waals surface area contributed by atoms with Gasteiger partial charge in [0.2, 0.25) is 0 Å². The van der Waals surface area contributed by atoms with Gasteiger partial charge in [-0.3, -0.25) is 9.13 Å². The number of aryl methyl sites for hydroxylation is 2. The topological polar surface area (TPSA) is 67.2 Å². The van der Waals surface area contributed by atoms with Gasteiger partial charge in [0.1, 0.15) is 22.7 Å². The summed E-state index contributed by atoms with van der Waals surface area (Å²) in [5, 5.41) is 1.86. The number of ether oxygens (including phenoxy) is 2. The fraction of sp³-hybridized carbons (Fsp3) is 0.118. The first-order valence-corrected chi connectivity index (χ1v) is 13.5. The van der Waals surface area contributed by atoms with Crippen molar-refractivity contribution >= 4 is 21.9 Å². The third-order valence-corrected chi connectivity index (χ3v) is 7.38. The summed E-state index contributed by atoms with van der Waals surface area (Å²) in [7, 11) is 3.94.